The van der Waals surface area contributed by atoms with Crippen molar-refractivity contribution in [3.05, 3.63) is 23.8 Å². The first-order chi connectivity index (χ1) is 8.71. The van der Waals surface area contributed by atoms with E-state index in [9.17, 15) is 0 Å². The van der Waals surface area contributed by atoms with Gasteiger partial charge >= 0.3 is 0 Å². The monoisotopic (exact) mass is 240 g/mol. The van der Waals surface area contributed by atoms with Gasteiger partial charge in [0.25, 0.3) is 0 Å². The summed E-state index contributed by atoms with van der Waals surface area (Å²) in [5.41, 5.74) is 4.62. The average molecular weight is 240 g/mol. The molecule has 18 heavy (non-hydrogen) atoms. The van der Waals surface area contributed by atoms with Crippen LogP contribution in [0.25, 0.3) is 0 Å². The molecule has 0 radical (unpaired) electrons. The Bertz CT molecular complexity index is 484. The second kappa shape index (κ2) is 2.81. The molecule has 3 bridgehead atoms. The molecule has 0 aromatic carbocycles. The Hall–Kier alpha value is -0.520. The molecule has 6 atom stereocenters. The van der Waals surface area contributed by atoms with Crippen molar-refractivity contribution in [3.8, 4) is 0 Å². The SMILES string of the molecule is C=C1/C(=C\C)[C@]23CCC4CC5CCC([C@H]12)C4(C5)C3. The minimum Gasteiger partial charge on any atom is -0.0952 e. The largest absolute Gasteiger partial charge is 0.0952 e. The zero-order valence-electron chi connectivity index (χ0n) is 11.5. The zero-order chi connectivity index (χ0) is 12.1. The fourth-order valence-electron chi connectivity index (χ4n) is 7.67. The van der Waals surface area contributed by atoms with Crippen LogP contribution >= 0.6 is 0 Å². The highest BCUT2D eigenvalue weighted by molar-refractivity contribution is 5.53. The summed E-state index contributed by atoms with van der Waals surface area (Å²) >= 11 is 0. The van der Waals surface area contributed by atoms with Crippen LogP contribution in [-0.2, 0) is 0 Å². The molecule has 5 aliphatic carbocycles. The molecule has 0 heteroatoms. The van der Waals surface area contributed by atoms with Gasteiger partial charge in [-0.2, -0.15) is 0 Å². The minimum atomic E-state index is 0.617. The van der Waals surface area contributed by atoms with Crippen molar-refractivity contribution in [1.82, 2.24) is 0 Å². The van der Waals surface area contributed by atoms with Crippen molar-refractivity contribution in [2.45, 2.75) is 51.9 Å². The number of fused-ring (bicyclic) bond motifs is 2. The van der Waals surface area contributed by atoms with Crippen molar-refractivity contribution < 1.29 is 0 Å². The first kappa shape index (κ1) is 10.3. The van der Waals surface area contributed by atoms with Crippen LogP contribution in [0.1, 0.15) is 51.9 Å². The Morgan fingerprint density at radius 1 is 1.28 bits per heavy atom. The number of hydrogen-bond acceptors (Lipinski definition) is 0. The lowest BCUT2D eigenvalue weighted by molar-refractivity contribution is 0.0693. The third-order valence-electron chi connectivity index (χ3n) is 7.85. The Morgan fingerprint density at radius 2 is 2.17 bits per heavy atom. The predicted octanol–water partition coefficient (Wildman–Crippen LogP) is 4.73. The van der Waals surface area contributed by atoms with Gasteiger partial charge in [0.1, 0.15) is 0 Å². The predicted molar refractivity (Wildman–Crippen MR) is 74.0 cm³/mol. The molecular formula is C18H24. The molecule has 0 amide bonds. The van der Waals surface area contributed by atoms with Gasteiger partial charge in [-0.3, -0.25) is 0 Å². The highest BCUT2D eigenvalue weighted by Gasteiger charge is 2.74. The zero-order valence-corrected chi connectivity index (χ0v) is 11.5. The van der Waals surface area contributed by atoms with Gasteiger partial charge in [0.2, 0.25) is 0 Å². The van der Waals surface area contributed by atoms with Gasteiger partial charge in [0, 0.05) is 5.41 Å². The highest BCUT2D eigenvalue weighted by atomic mass is 14.8. The Morgan fingerprint density at radius 3 is 3.00 bits per heavy atom. The number of hydrogen-bond donors (Lipinski definition) is 0. The number of rotatable bonds is 0. The van der Waals surface area contributed by atoms with E-state index in [2.05, 4.69) is 19.6 Å². The molecule has 5 rings (SSSR count). The van der Waals surface area contributed by atoms with Gasteiger partial charge in [0.05, 0.1) is 0 Å². The summed E-state index contributed by atoms with van der Waals surface area (Å²) in [5.74, 6) is 4.12. The van der Waals surface area contributed by atoms with E-state index in [0.717, 1.165) is 29.1 Å². The van der Waals surface area contributed by atoms with Gasteiger partial charge in [0.15, 0.2) is 0 Å². The van der Waals surface area contributed by atoms with Crippen LogP contribution in [0.3, 0.4) is 0 Å². The van der Waals surface area contributed by atoms with Crippen molar-refractivity contribution in [2.75, 3.05) is 0 Å². The lowest BCUT2D eigenvalue weighted by Crippen LogP contribution is -2.43. The van der Waals surface area contributed by atoms with Crippen molar-refractivity contribution in [2.24, 2.45) is 34.5 Å². The summed E-state index contributed by atoms with van der Waals surface area (Å²) in [6.45, 7) is 6.71. The second-order valence-corrected chi connectivity index (χ2v) is 8.00. The molecule has 0 aromatic rings. The van der Waals surface area contributed by atoms with Gasteiger partial charge in [-0.05, 0) is 85.7 Å². The molecule has 5 saturated carbocycles. The second-order valence-electron chi connectivity index (χ2n) is 8.00. The lowest BCUT2D eigenvalue weighted by Gasteiger charge is -2.53. The van der Waals surface area contributed by atoms with Crippen LogP contribution in [0, 0.1) is 34.5 Å². The van der Waals surface area contributed by atoms with Crippen LogP contribution in [0.2, 0.25) is 0 Å². The van der Waals surface area contributed by atoms with E-state index >= 15 is 0 Å². The van der Waals surface area contributed by atoms with E-state index in [-0.39, 0.29) is 0 Å². The summed E-state index contributed by atoms with van der Waals surface area (Å²) in [6.07, 6.45) is 13.2. The lowest BCUT2D eigenvalue weighted by atomic mass is 9.51. The molecule has 0 N–H and O–H groups in total. The van der Waals surface area contributed by atoms with Crippen molar-refractivity contribution in [3.63, 3.8) is 0 Å². The van der Waals surface area contributed by atoms with Gasteiger partial charge < -0.3 is 0 Å². The van der Waals surface area contributed by atoms with Crippen molar-refractivity contribution in [1.29, 1.82) is 0 Å². The van der Waals surface area contributed by atoms with Crippen molar-refractivity contribution >= 4 is 0 Å². The fourth-order valence-corrected chi connectivity index (χ4v) is 7.67. The molecule has 96 valence electrons. The number of allylic oxidation sites excluding steroid dienone is 3. The van der Waals surface area contributed by atoms with Gasteiger partial charge in [-0.25, -0.2) is 0 Å². The smallest absolute Gasteiger partial charge is 0.00293 e. The molecule has 2 spiro atoms. The molecule has 4 unspecified atom stereocenters. The summed E-state index contributed by atoms with van der Waals surface area (Å²) < 4.78 is 0. The third-order valence-corrected chi connectivity index (χ3v) is 7.85. The Labute approximate surface area is 111 Å². The maximum absolute atomic E-state index is 4.47. The quantitative estimate of drug-likeness (QED) is 0.574. The maximum atomic E-state index is 4.47. The minimum absolute atomic E-state index is 0.617. The fraction of sp³-hybridized carbons (Fsp3) is 0.778. The van der Waals surface area contributed by atoms with E-state index in [1.165, 1.54) is 25.7 Å². The molecule has 5 fully saturated rings. The Kier molecular flexibility index (Phi) is 1.61. The first-order valence-corrected chi connectivity index (χ1v) is 8.07. The summed E-state index contributed by atoms with van der Waals surface area (Å²) in [4.78, 5) is 0. The summed E-state index contributed by atoms with van der Waals surface area (Å²) in [6, 6.07) is 0. The summed E-state index contributed by atoms with van der Waals surface area (Å²) in [5, 5.41) is 0. The maximum Gasteiger partial charge on any atom is 0.00293 e. The highest BCUT2D eigenvalue weighted by Crippen LogP contribution is 2.82. The Balaban J connectivity index is 1.71. The third kappa shape index (κ3) is 0.805. The molecule has 0 nitrogen and oxygen atoms in total. The first-order valence-electron chi connectivity index (χ1n) is 8.07. The van der Waals surface area contributed by atoms with E-state index in [4.69, 9.17) is 0 Å². The molecule has 0 saturated heterocycles. The van der Waals surface area contributed by atoms with Crippen LogP contribution < -0.4 is 0 Å². The standard InChI is InChI=1S/C18H24/c1-3-14-11(2)16-15-5-4-12-8-13-6-7-17(14,16)10-18(13,15)9-12/h3,12-13,15-16H,2,4-10H2,1H3/b14-3+/t12?,13?,15?,16-,17+,18?/m0/s1. The van der Waals surface area contributed by atoms with E-state index < -0.39 is 0 Å². The van der Waals surface area contributed by atoms with E-state index in [1.54, 1.807) is 30.4 Å². The molecule has 5 aliphatic rings. The normalized spacial score (nSPS) is 61.8. The van der Waals surface area contributed by atoms with Crippen LogP contribution in [0.4, 0.5) is 0 Å². The van der Waals surface area contributed by atoms with E-state index in [0.29, 0.717) is 5.41 Å². The van der Waals surface area contributed by atoms with Gasteiger partial charge in [-0.15, -0.1) is 0 Å². The van der Waals surface area contributed by atoms with E-state index in [1.807, 2.05) is 0 Å². The molecule has 0 heterocycles. The topological polar surface area (TPSA) is 0 Å². The average Bonchev–Trinajstić information content (AvgIpc) is 2.77. The van der Waals surface area contributed by atoms with Crippen LogP contribution in [0.5, 0.6) is 0 Å². The van der Waals surface area contributed by atoms with Crippen LogP contribution in [-0.4, -0.2) is 0 Å². The molecule has 0 aromatic heterocycles. The summed E-state index contributed by atoms with van der Waals surface area (Å²) in [7, 11) is 0. The molecular weight excluding hydrogens is 216 g/mol. The molecule has 0 aliphatic heterocycles. The van der Waals surface area contributed by atoms with Gasteiger partial charge in [-0.1, -0.05) is 19.1 Å². The van der Waals surface area contributed by atoms with Crippen LogP contribution in [0.15, 0.2) is 23.8 Å².